The van der Waals surface area contributed by atoms with Crippen LogP contribution in [0.4, 0.5) is 0 Å². The van der Waals surface area contributed by atoms with Crippen LogP contribution in [0.15, 0.2) is 47.1 Å². The third kappa shape index (κ3) is 3.32. The molecule has 0 aliphatic carbocycles. The minimum absolute atomic E-state index is 0.214. The zero-order valence-corrected chi connectivity index (χ0v) is 13.3. The standard InChI is InChI=1S/C17H17BrN2O/c18-16-6-3-4-13-12-20(11-9-15(13)16)17(21)8-7-14-5-1-2-10-19-14/h1-6,10H,7-9,11-12H2. The number of benzene rings is 1. The normalized spacial score (nSPS) is 13.9. The Kier molecular flexibility index (Phi) is 4.34. The number of aryl methyl sites for hydroxylation is 1. The molecule has 0 atom stereocenters. The van der Waals surface area contributed by atoms with Crippen LogP contribution in [0.2, 0.25) is 0 Å². The number of fused-ring (bicyclic) bond motifs is 1. The fraction of sp³-hybridized carbons (Fsp3) is 0.294. The first kappa shape index (κ1) is 14.3. The van der Waals surface area contributed by atoms with Gasteiger partial charge in [0.2, 0.25) is 5.91 Å². The zero-order valence-electron chi connectivity index (χ0n) is 11.8. The summed E-state index contributed by atoms with van der Waals surface area (Å²) in [6.45, 7) is 1.52. The molecule has 0 saturated heterocycles. The Bertz CT molecular complexity index is 642. The SMILES string of the molecule is O=C(CCc1ccccn1)N1CCc2c(Br)cccc2C1. The number of halogens is 1. The van der Waals surface area contributed by atoms with Gasteiger partial charge in [-0.15, -0.1) is 0 Å². The summed E-state index contributed by atoms with van der Waals surface area (Å²) in [5.41, 5.74) is 3.57. The van der Waals surface area contributed by atoms with Crippen molar-refractivity contribution in [3.8, 4) is 0 Å². The molecule has 1 aliphatic heterocycles. The molecule has 0 saturated carbocycles. The van der Waals surface area contributed by atoms with Crippen molar-refractivity contribution in [2.45, 2.75) is 25.8 Å². The van der Waals surface area contributed by atoms with Crippen molar-refractivity contribution in [2.75, 3.05) is 6.54 Å². The maximum atomic E-state index is 12.4. The van der Waals surface area contributed by atoms with E-state index in [0.29, 0.717) is 12.8 Å². The predicted molar refractivity (Wildman–Crippen MR) is 85.8 cm³/mol. The molecule has 1 aromatic carbocycles. The fourth-order valence-corrected chi connectivity index (χ4v) is 3.32. The highest BCUT2D eigenvalue weighted by molar-refractivity contribution is 9.10. The number of amides is 1. The van der Waals surface area contributed by atoms with E-state index in [4.69, 9.17) is 0 Å². The summed E-state index contributed by atoms with van der Waals surface area (Å²) < 4.78 is 1.15. The molecule has 4 heteroatoms. The predicted octanol–water partition coefficient (Wildman–Crippen LogP) is 3.36. The minimum Gasteiger partial charge on any atom is -0.338 e. The average Bonchev–Trinajstić information content (AvgIpc) is 2.53. The van der Waals surface area contributed by atoms with Gasteiger partial charge in [0, 0.05) is 35.9 Å². The monoisotopic (exact) mass is 344 g/mol. The van der Waals surface area contributed by atoms with Gasteiger partial charge in [0.25, 0.3) is 0 Å². The maximum absolute atomic E-state index is 12.4. The summed E-state index contributed by atoms with van der Waals surface area (Å²) in [7, 11) is 0. The van der Waals surface area contributed by atoms with Gasteiger partial charge in [0.1, 0.15) is 0 Å². The molecule has 0 fully saturated rings. The summed E-state index contributed by atoms with van der Waals surface area (Å²) in [6.07, 6.45) is 3.93. The van der Waals surface area contributed by atoms with Crippen molar-refractivity contribution in [2.24, 2.45) is 0 Å². The van der Waals surface area contributed by atoms with Gasteiger partial charge in [-0.1, -0.05) is 34.1 Å². The molecule has 0 spiro atoms. The Labute approximate surface area is 133 Å². The fourth-order valence-electron chi connectivity index (χ4n) is 2.71. The summed E-state index contributed by atoms with van der Waals surface area (Å²) in [5.74, 6) is 0.214. The van der Waals surface area contributed by atoms with E-state index >= 15 is 0 Å². The topological polar surface area (TPSA) is 33.2 Å². The van der Waals surface area contributed by atoms with Crippen LogP contribution in [0.1, 0.15) is 23.2 Å². The van der Waals surface area contributed by atoms with E-state index in [2.05, 4.69) is 33.0 Å². The molecule has 2 heterocycles. The molecule has 108 valence electrons. The van der Waals surface area contributed by atoms with Crippen LogP contribution in [0.3, 0.4) is 0 Å². The summed E-state index contributed by atoms with van der Waals surface area (Å²) >= 11 is 3.59. The van der Waals surface area contributed by atoms with Crippen molar-refractivity contribution in [3.63, 3.8) is 0 Å². The third-order valence-corrected chi connectivity index (χ3v) is 4.63. The van der Waals surface area contributed by atoms with Crippen LogP contribution in [0.5, 0.6) is 0 Å². The van der Waals surface area contributed by atoms with Gasteiger partial charge >= 0.3 is 0 Å². The Morgan fingerprint density at radius 1 is 1.24 bits per heavy atom. The number of aromatic nitrogens is 1. The van der Waals surface area contributed by atoms with E-state index in [-0.39, 0.29) is 5.91 Å². The molecular formula is C17H17BrN2O. The first-order valence-electron chi connectivity index (χ1n) is 7.18. The van der Waals surface area contributed by atoms with E-state index in [9.17, 15) is 4.79 Å². The van der Waals surface area contributed by atoms with Crippen LogP contribution < -0.4 is 0 Å². The van der Waals surface area contributed by atoms with E-state index in [1.54, 1.807) is 6.20 Å². The van der Waals surface area contributed by atoms with E-state index in [1.807, 2.05) is 29.2 Å². The number of pyridine rings is 1. The molecule has 1 amide bonds. The van der Waals surface area contributed by atoms with E-state index in [0.717, 1.165) is 29.7 Å². The molecule has 21 heavy (non-hydrogen) atoms. The van der Waals surface area contributed by atoms with Crippen LogP contribution in [0, 0.1) is 0 Å². The Morgan fingerprint density at radius 3 is 2.95 bits per heavy atom. The van der Waals surface area contributed by atoms with Crippen LogP contribution in [0.25, 0.3) is 0 Å². The van der Waals surface area contributed by atoms with E-state index in [1.165, 1.54) is 11.1 Å². The highest BCUT2D eigenvalue weighted by Gasteiger charge is 2.21. The van der Waals surface area contributed by atoms with Crippen LogP contribution in [-0.4, -0.2) is 22.3 Å². The van der Waals surface area contributed by atoms with Crippen molar-refractivity contribution in [3.05, 3.63) is 63.9 Å². The second kappa shape index (κ2) is 6.39. The molecule has 0 N–H and O–H groups in total. The molecule has 3 nitrogen and oxygen atoms in total. The number of carbonyl (C=O) groups is 1. The lowest BCUT2D eigenvalue weighted by Gasteiger charge is -2.29. The van der Waals surface area contributed by atoms with Crippen molar-refractivity contribution < 1.29 is 4.79 Å². The number of rotatable bonds is 3. The second-order valence-corrected chi connectivity index (χ2v) is 6.12. The quantitative estimate of drug-likeness (QED) is 0.855. The van der Waals surface area contributed by atoms with Gasteiger partial charge in [0.05, 0.1) is 0 Å². The Morgan fingerprint density at radius 2 is 2.14 bits per heavy atom. The number of carbonyl (C=O) groups excluding carboxylic acids is 1. The molecule has 1 aliphatic rings. The lowest BCUT2D eigenvalue weighted by atomic mass is 9.99. The lowest BCUT2D eigenvalue weighted by Crippen LogP contribution is -2.36. The number of nitrogens with zero attached hydrogens (tertiary/aromatic N) is 2. The highest BCUT2D eigenvalue weighted by Crippen LogP contribution is 2.26. The molecular weight excluding hydrogens is 328 g/mol. The van der Waals surface area contributed by atoms with Gasteiger partial charge in [-0.2, -0.15) is 0 Å². The van der Waals surface area contributed by atoms with Gasteiger partial charge in [-0.25, -0.2) is 0 Å². The number of hydrogen-bond acceptors (Lipinski definition) is 2. The van der Waals surface area contributed by atoms with Crippen molar-refractivity contribution >= 4 is 21.8 Å². The molecule has 0 unspecified atom stereocenters. The Hall–Kier alpha value is -1.68. The van der Waals surface area contributed by atoms with Gasteiger partial charge in [0.15, 0.2) is 0 Å². The van der Waals surface area contributed by atoms with E-state index < -0.39 is 0 Å². The van der Waals surface area contributed by atoms with Crippen molar-refractivity contribution in [1.29, 1.82) is 0 Å². The zero-order chi connectivity index (χ0) is 14.7. The minimum atomic E-state index is 0.214. The Balaban J connectivity index is 1.62. The summed E-state index contributed by atoms with van der Waals surface area (Å²) in [6, 6.07) is 12.0. The molecule has 1 aromatic heterocycles. The summed E-state index contributed by atoms with van der Waals surface area (Å²) in [5, 5.41) is 0. The highest BCUT2D eigenvalue weighted by atomic mass is 79.9. The van der Waals surface area contributed by atoms with Crippen LogP contribution in [-0.2, 0) is 24.2 Å². The van der Waals surface area contributed by atoms with Gasteiger partial charge in [-0.3, -0.25) is 9.78 Å². The summed E-state index contributed by atoms with van der Waals surface area (Å²) in [4.78, 5) is 18.6. The molecule has 2 aromatic rings. The smallest absolute Gasteiger partial charge is 0.223 e. The first-order chi connectivity index (χ1) is 10.2. The van der Waals surface area contributed by atoms with Gasteiger partial charge in [-0.05, 0) is 42.2 Å². The first-order valence-corrected chi connectivity index (χ1v) is 7.97. The maximum Gasteiger partial charge on any atom is 0.223 e. The van der Waals surface area contributed by atoms with Crippen molar-refractivity contribution in [1.82, 2.24) is 9.88 Å². The largest absolute Gasteiger partial charge is 0.338 e. The average molecular weight is 345 g/mol. The second-order valence-electron chi connectivity index (χ2n) is 5.26. The van der Waals surface area contributed by atoms with Gasteiger partial charge < -0.3 is 4.90 Å². The molecule has 0 bridgehead atoms. The lowest BCUT2D eigenvalue weighted by molar-refractivity contribution is -0.132. The molecule has 3 rings (SSSR count). The number of hydrogen-bond donors (Lipinski definition) is 0. The third-order valence-electron chi connectivity index (χ3n) is 3.88. The molecule has 0 radical (unpaired) electrons. The van der Waals surface area contributed by atoms with Crippen LogP contribution >= 0.6 is 15.9 Å².